The van der Waals surface area contributed by atoms with Crippen LogP contribution in [0.2, 0.25) is 45.3 Å². The Labute approximate surface area is 156 Å². The van der Waals surface area contributed by atoms with Gasteiger partial charge in [-0.15, -0.1) is 0 Å². The SMILES string of the molecule is C=C(C)C(=O)OCC(O)COCCC[SiH](O[Si](C)(C)C)O[Si](C)(C)C. The zero-order valence-electron chi connectivity index (χ0n) is 16.9. The Morgan fingerprint density at radius 1 is 1.08 bits per heavy atom. The molecule has 0 amide bonds. The van der Waals surface area contributed by atoms with Crippen molar-refractivity contribution < 1.29 is 27.6 Å². The van der Waals surface area contributed by atoms with Gasteiger partial charge in [0.15, 0.2) is 16.6 Å². The normalized spacial score (nSPS) is 13.8. The Bertz CT molecular complexity index is 401. The Balaban J connectivity index is 4.04. The van der Waals surface area contributed by atoms with Crippen molar-refractivity contribution in [2.45, 2.75) is 64.8 Å². The Morgan fingerprint density at radius 2 is 1.60 bits per heavy atom. The van der Waals surface area contributed by atoms with Crippen molar-refractivity contribution in [1.29, 1.82) is 0 Å². The van der Waals surface area contributed by atoms with Crippen LogP contribution >= 0.6 is 0 Å². The first-order chi connectivity index (χ1) is 11.3. The van der Waals surface area contributed by atoms with E-state index in [0.29, 0.717) is 12.2 Å². The highest BCUT2D eigenvalue weighted by atomic mass is 28.4. The number of carbonyl (C=O) groups excluding carboxylic acids is 1. The summed E-state index contributed by atoms with van der Waals surface area (Å²) in [5.74, 6) is -0.500. The van der Waals surface area contributed by atoms with E-state index in [4.69, 9.17) is 17.7 Å². The molecule has 1 atom stereocenters. The zero-order valence-corrected chi connectivity index (χ0v) is 20.0. The van der Waals surface area contributed by atoms with Gasteiger partial charge in [0, 0.05) is 12.2 Å². The predicted molar refractivity (Wildman–Crippen MR) is 108 cm³/mol. The lowest BCUT2D eigenvalue weighted by Crippen LogP contribution is -2.43. The predicted octanol–water partition coefficient (Wildman–Crippen LogP) is 2.80. The number of hydrogen-bond donors (Lipinski definition) is 1. The molecule has 1 N–H and O–H groups in total. The summed E-state index contributed by atoms with van der Waals surface area (Å²) in [6.07, 6.45) is 0.0113. The van der Waals surface area contributed by atoms with Crippen molar-refractivity contribution >= 4 is 31.9 Å². The van der Waals surface area contributed by atoms with Crippen molar-refractivity contribution in [2.24, 2.45) is 0 Å². The summed E-state index contributed by atoms with van der Waals surface area (Å²) in [7, 11) is -4.92. The molecule has 0 aromatic heterocycles. The second-order valence-corrected chi connectivity index (χ2v) is 19.9. The average molecular weight is 409 g/mol. The molecule has 6 nitrogen and oxygen atoms in total. The second-order valence-electron chi connectivity index (χ2n) is 8.14. The fourth-order valence-corrected chi connectivity index (χ4v) is 10.2. The van der Waals surface area contributed by atoms with E-state index in [1.54, 1.807) is 6.92 Å². The fraction of sp³-hybridized carbons (Fsp3) is 0.812. The van der Waals surface area contributed by atoms with Gasteiger partial charge in [0.25, 0.3) is 0 Å². The van der Waals surface area contributed by atoms with Crippen molar-refractivity contribution in [3.05, 3.63) is 12.2 Å². The van der Waals surface area contributed by atoms with Crippen LogP contribution in [0.25, 0.3) is 0 Å². The molecule has 0 saturated carbocycles. The highest BCUT2D eigenvalue weighted by molar-refractivity contribution is 6.81. The van der Waals surface area contributed by atoms with Crippen molar-refractivity contribution in [3.63, 3.8) is 0 Å². The van der Waals surface area contributed by atoms with Gasteiger partial charge >= 0.3 is 15.3 Å². The van der Waals surface area contributed by atoms with Crippen LogP contribution in [-0.2, 0) is 22.5 Å². The van der Waals surface area contributed by atoms with Crippen LogP contribution in [-0.4, -0.2) is 62.9 Å². The highest BCUT2D eigenvalue weighted by Crippen LogP contribution is 2.15. The van der Waals surface area contributed by atoms with Crippen molar-refractivity contribution in [2.75, 3.05) is 19.8 Å². The number of aliphatic hydroxyl groups is 1. The molecule has 0 aliphatic carbocycles. The van der Waals surface area contributed by atoms with E-state index in [1.165, 1.54) is 0 Å². The number of ether oxygens (including phenoxy) is 2. The van der Waals surface area contributed by atoms with E-state index >= 15 is 0 Å². The minimum absolute atomic E-state index is 0.0828. The monoisotopic (exact) mass is 408 g/mol. The lowest BCUT2D eigenvalue weighted by atomic mass is 10.3. The number of carbonyl (C=O) groups is 1. The molecule has 9 heteroatoms. The van der Waals surface area contributed by atoms with Crippen LogP contribution in [0.3, 0.4) is 0 Å². The highest BCUT2D eigenvalue weighted by Gasteiger charge is 2.28. The summed E-state index contributed by atoms with van der Waals surface area (Å²) in [6.45, 7) is 18.7. The molecule has 1 unspecified atom stereocenters. The third-order valence-corrected chi connectivity index (χ3v) is 11.4. The van der Waals surface area contributed by atoms with E-state index in [9.17, 15) is 9.90 Å². The largest absolute Gasteiger partial charge is 0.460 e. The molecular weight excluding hydrogens is 372 g/mol. The Hall–Kier alpha value is -0.299. The molecule has 0 heterocycles. The van der Waals surface area contributed by atoms with Crippen LogP contribution in [0.1, 0.15) is 13.3 Å². The van der Waals surface area contributed by atoms with Crippen LogP contribution < -0.4 is 0 Å². The molecule has 0 fully saturated rings. The molecule has 0 spiro atoms. The molecule has 0 aromatic rings. The summed E-state index contributed by atoms with van der Waals surface area (Å²) in [4.78, 5) is 11.2. The molecule has 0 rings (SSSR count). The standard InChI is InChI=1S/C16H36O6Si3/c1-14(2)16(18)20-13-15(17)12-19-10-9-11-23(21-24(3,4)5)22-25(6,7)8/h15,17,23H,1,9-13H2,2-8H3. The number of rotatable bonds is 13. The van der Waals surface area contributed by atoms with Crippen molar-refractivity contribution in [1.82, 2.24) is 0 Å². The maximum Gasteiger partial charge on any atom is 0.333 e. The smallest absolute Gasteiger partial charge is 0.333 e. The van der Waals surface area contributed by atoms with E-state index in [0.717, 1.165) is 12.5 Å². The minimum Gasteiger partial charge on any atom is -0.460 e. The number of aliphatic hydroxyl groups excluding tert-OH is 1. The molecule has 0 bridgehead atoms. The Morgan fingerprint density at radius 3 is 2.04 bits per heavy atom. The van der Waals surface area contributed by atoms with Gasteiger partial charge in [0.1, 0.15) is 12.7 Å². The van der Waals surface area contributed by atoms with Gasteiger partial charge in [0.2, 0.25) is 0 Å². The molecule has 0 radical (unpaired) electrons. The lowest BCUT2D eigenvalue weighted by molar-refractivity contribution is -0.143. The summed E-state index contributed by atoms with van der Waals surface area (Å²) >= 11 is 0. The zero-order chi connectivity index (χ0) is 19.7. The molecular formula is C16H36O6Si3. The molecule has 0 aromatic carbocycles. The van der Waals surface area contributed by atoms with Gasteiger partial charge in [-0.3, -0.25) is 0 Å². The first-order valence-electron chi connectivity index (χ1n) is 8.74. The van der Waals surface area contributed by atoms with Crippen LogP contribution in [0.5, 0.6) is 0 Å². The minimum atomic E-state index is -1.69. The fourth-order valence-electron chi connectivity index (χ4n) is 1.85. The molecule has 148 valence electrons. The second kappa shape index (κ2) is 11.4. The average Bonchev–Trinajstić information content (AvgIpc) is 2.40. The summed E-state index contributed by atoms with van der Waals surface area (Å²) in [6, 6.07) is 0.898. The molecule has 0 aliphatic rings. The maximum atomic E-state index is 11.2. The van der Waals surface area contributed by atoms with Gasteiger partial charge in [0.05, 0.1) is 6.61 Å². The molecule has 0 aliphatic heterocycles. The van der Waals surface area contributed by atoms with Gasteiger partial charge in [-0.1, -0.05) is 6.58 Å². The number of esters is 1. The van der Waals surface area contributed by atoms with E-state index in [2.05, 4.69) is 45.9 Å². The molecule has 0 saturated heterocycles. The van der Waals surface area contributed by atoms with Gasteiger partial charge in [-0.25, -0.2) is 4.79 Å². The van der Waals surface area contributed by atoms with E-state index < -0.39 is 38.0 Å². The van der Waals surface area contributed by atoms with Crippen LogP contribution in [0, 0.1) is 0 Å². The van der Waals surface area contributed by atoms with Crippen molar-refractivity contribution in [3.8, 4) is 0 Å². The van der Waals surface area contributed by atoms with Crippen LogP contribution in [0.15, 0.2) is 12.2 Å². The third kappa shape index (κ3) is 15.7. The molecule has 25 heavy (non-hydrogen) atoms. The van der Waals surface area contributed by atoms with Gasteiger partial charge < -0.3 is 22.8 Å². The third-order valence-electron chi connectivity index (χ3n) is 2.76. The number of hydrogen-bond acceptors (Lipinski definition) is 6. The lowest BCUT2D eigenvalue weighted by Gasteiger charge is -2.30. The summed E-state index contributed by atoms with van der Waals surface area (Å²) in [5, 5.41) is 9.73. The topological polar surface area (TPSA) is 74.2 Å². The van der Waals surface area contributed by atoms with Gasteiger partial charge in [-0.05, 0) is 58.7 Å². The van der Waals surface area contributed by atoms with Gasteiger partial charge in [-0.2, -0.15) is 0 Å². The summed E-state index contributed by atoms with van der Waals surface area (Å²) < 4.78 is 22.8. The van der Waals surface area contributed by atoms with Crippen LogP contribution in [0.4, 0.5) is 0 Å². The first-order valence-corrected chi connectivity index (χ1v) is 17.3. The van der Waals surface area contributed by atoms with E-state index in [1.807, 2.05) is 0 Å². The Kier molecular flexibility index (Phi) is 11.3. The first kappa shape index (κ1) is 24.7. The quantitative estimate of drug-likeness (QED) is 0.219. The van der Waals surface area contributed by atoms with E-state index in [-0.39, 0.29) is 13.2 Å². The maximum absolute atomic E-state index is 11.2. The summed E-state index contributed by atoms with van der Waals surface area (Å²) in [5.41, 5.74) is 0.314.